The van der Waals surface area contributed by atoms with Crippen molar-refractivity contribution in [3.8, 4) is 11.5 Å². The van der Waals surface area contributed by atoms with Gasteiger partial charge in [-0.1, -0.05) is 12.2 Å². The van der Waals surface area contributed by atoms with E-state index in [-0.39, 0.29) is 41.8 Å². The molecule has 3 atom stereocenters. The van der Waals surface area contributed by atoms with Crippen LogP contribution in [0.3, 0.4) is 0 Å². The first-order valence-corrected chi connectivity index (χ1v) is 18.8. The lowest BCUT2D eigenvalue weighted by molar-refractivity contribution is -0.117. The van der Waals surface area contributed by atoms with E-state index in [4.69, 9.17) is 26.4 Å². The first kappa shape index (κ1) is 35.4. The largest absolute Gasteiger partial charge is 0.497 e. The van der Waals surface area contributed by atoms with Gasteiger partial charge in [-0.3, -0.25) is 9.59 Å². The molecule has 1 saturated heterocycles. The van der Waals surface area contributed by atoms with Crippen LogP contribution in [0.1, 0.15) is 92.6 Å². The van der Waals surface area contributed by atoms with Gasteiger partial charge in [-0.05, 0) is 103 Å². The summed E-state index contributed by atoms with van der Waals surface area (Å²) < 4.78 is 17.0. The zero-order valence-electron chi connectivity index (χ0n) is 29.6. The number of likely N-dealkylation sites (tertiary alicyclic amines) is 1. The van der Waals surface area contributed by atoms with Gasteiger partial charge < -0.3 is 34.6 Å². The normalized spacial score (nSPS) is 21.8. The Labute approximate surface area is 299 Å². The number of rotatable bonds is 11. The summed E-state index contributed by atoms with van der Waals surface area (Å²) in [5, 5.41) is 6.94. The molecule has 2 aromatic rings. The number of aryl methyl sites for hydroxylation is 1. The molecule has 2 N–H and O–H groups in total. The lowest BCUT2D eigenvalue weighted by Crippen LogP contribution is -2.50. The Morgan fingerprint density at radius 1 is 1.04 bits per heavy atom. The number of nitrogens with zero attached hydrogens (tertiary/aromatic N) is 2. The van der Waals surface area contributed by atoms with Gasteiger partial charge in [0.25, 0.3) is 5.91 Å². The second-order valence-corrected chi connectivity index (χ2v) is 16.5. The number of methoxy groups -OCH3 is 2. The smallest absolute Gasteiger partial charge is 0.410 e. The molecule has 1 aliphatic heterocycles. The highest BCUT2D eigenvalue weighted by atomic mass is 32.1. The first-order chi connectivity index (χ1) is 23.4. The number of nitrogens with one attached hydrogen (secondary N) is 2. The monoisotopic (exact) mass is 710 g/mol. The highest BCUT2D eigenvalue weighted by molar-refractivity contribution is 7.80. The van der Waals surface area contributed by atoms with Crippen LogP contribution in [0.4, 0.5) is 9.80 Å². The van der Waals surface area contributed by atoms with Gasteiger partial charge in [0.2, 0.25) is 5.91 Å². The maximum Gasteiger partial charge on any atom is 0.410 e. The number of carbonyl (C=O) groups excluding carboxylic acids is 3. The maximum absolute atomic E-state index is 13.8. The van der Waals surface area contributed by atoms with E-state index in [0.717, 1.165) is 65.9 Å². The van der Waals surface area contributed by atoms with Crippen LogP contribution in [0.25, 0.3) is 0 Å². The average Bonchev–Trinajstić information content (AvgIpc) is 4.00. The topological polar surface area (TPSA) is 109 Å². The molecule has 0 radical (unpaired) electrons. The molecule has 10 nitrogen and oxygen atoms in total. The molecule has 2 unspecified atom stereocenters. The van der Waals surface area contributed by atoms with Crippen LogP contribution in [-0.2, 0) is 28.9 Å². The molecule has 3 fully saturated rings. The molecule has 266 valence electrons. The Hall–Kier alpha value is -3.38. The Bertz CT molecular complexity index is 1590. The predicted octanol–water partition coefficient (Wildman–Crippen LogP) is 6.59. The number of ether oxygens (including phenoxy) is 3. The van der Waals surface area contributed by atoms with E-state index >= 15 is 0 Å². The van der Waals surface area contributed by atoms with Crippen molar-refractivity contribution in [1.29, 1.82) is 0 Å². The third-order valence-corrected chi connectivity index (χ3v) is 11.9. The van der Waals surface area contributed by atoms with E-state index in [0.29, 0.717) is 54.0 Å². The van der Waals surface area contributed by atoms with Gasteiger partial charge in [-0.2, -0.15) is 0 Å². The summed E-state index contributed by atoms with van der Waals surface area (Å²) in [5.41, 5.74) is 1.97. The number of anilines is 1. The molecule has 4 aliphatic rings. The molecule has 0 bridgehead atoms. The number of benzene rings is 1. The van der Waals surface area contributed by atoms with Gasteiger partial charge in [0.1, 0.15) is 22.1 Å². The Morgan fingerprint density at radius 2 is 1.80 bits per heavy atom. The van der Waals surface area contributed by atoms with Crippen molar-refractivity contribution in [1.82, 2.24) is 15.1 Å². The zero-order chi connectivity index (χ0) is 35.0. The van der Waals surface area contributed by atoms with Crippen molar-refractivity contribution < 1.29 is 28.6 Å². The summed E-state index contributed by atoms with van der Waals surface area (Å²) in [4.78, 5) is 45.9. The number of thiocarbonyl (C=S) groups is 1. The van der Waals surface area contributed by atoms with Crippen LogP contribution >= 0.6 is 23.6 Å². The van der Waals surface area contributed by atoms with Crippen molar-refractivity contribution in [2.24, 2.45) is 17.8 Å². The fourth-order valence-electron chi connectivity index (χ4n) is 7.01. The van der Waals surface area contributed by atoms with E-state index in [9.17, 15) is 14.4 Å². The quantitative estimate of drug-likeness (QED) is 0.252. The lowest BCUT2D eigenvalue weighted by Gasteiger charge is -2.39. The Kier molecular flexibility index (Phi) is 10.5. The fourth-order valence-corrected chi connectivity index (χ4v) is 8.65. The molecular weight excluding hydrogens is 661 g/mol. The molecular formula is C37H50N4O6S2. The van der Waals surface area contributed by atoms with Crippen LogP contribution < -0.4 is 20.1 Å². The highest BCUT2D eigenvalue weighted by Crippen LogP contribution is 2.43. The number of thiophene rings is 1. The molecule has 2 heterocycles. The van der Waals surface area contributed by atoms with Gasteiger partial charge in [0.15, 0.2) is 0 Å². The molecule has 3 aliphatic carbocycles. The minimum atomic E-state index is -0.597. The minimum Gasteiger partial charge on any atom is -0.497 e. The number of amides is 3. The molecule has 0 spiro atoms. The second kappa shape index (κ2) is 14.5. The van der Waals surface area contributed by atoms with Crippen LogP contribution in [0, 0.1) is 17.8 Å². The summed E-state index contributed by atoms with van der Waals surface area (Å²) in [6.45, 7) is 9.43. The summed E-state index contributed by atoms with van der Waals surface area (Å²) in [5.74, 6) is 1.88. The van der Waals surface area contributed by atoms with Gasteiger partial charge in [0, 0.05) is 48.0 Å². The van der Waals surface area contributed by atoms with Crippen molar-refractivity contribution in [2.75, 3.05) is 32.6 Å². The Balaban J connectivity index is 1.29. The minimum absolute atomic E-state index is 0.00582. The van der Waals surface area contributed by atoms with Crippen molar-refractivity contribution in [2.45, 2.75) is 103 Å². The van der Waals surface area contributed by atoms with Crippen molar-refractivity contribution in [3.63, 3.8) is 0 Å². The van der Waals surface area contributed by atoms with E-state index < -0.39 is 5.60 Å². The molecule has 49 heavy (non-hydrogen) atoms. The molecule has 6 rings (SSSR count). The van der Waals surface area contributed by atoms with E-state index in [1.807, 2.05) is 43.9 Å². The SMILES string of the molecule is COc1ccc(CN(C(=S)[C@H]2CCc3sc(NC(=O)C4CC4)c(C(=O)NCC4CC4)c3C2)C2CCN(C(=O)OC(C)(C)C)C2C)c(OC)c1. The van der Waals surface area contributed by atoms with Gasteiger partial charge in [-0.25, -0.2) is 4.79 Å². The van der Waals surface area contributed by atoms with Gasteiger partial charge >= 0.3 is 6.09 Å². The molecule has 3 amide bonds. The molecule has 1 aromatic carbocycles. The third kappa shape index (κ3) is 8.17. The number of hydrogen-bond donors (Lipinski definition) is 2. The standard InChI is InChI=1S/C37H50N4O6S2/c1-21-28(15-16-40(21)36(44)47-37(2,3)4)41(20-25-11-13-26(45-5)18-29(25)46-6)35(48)24-12-14-30-27(17-24)31(33(43)38-19-22-7-8-22)34(49-30)39-32(42)23-9-10-23/h11,13,18,21-24,28H,7-10,12,14-17,19-20H2,1-6H3,(H,38,43)(H,39,42)/t21?,24-,28?/m0/s1. The molecule has 12 heteroatoms. The van der Waals surface area contributed by atoms with Crippen molar-refractivity contribution in [3.05, 3.63) is 39.8 Å². The van der Waals surface area contributed by atoms with Crippen LogP contribution in [-0.4, -0.2) is 77.7 Å². The summed E-state index contributed by atoms with van der Waals surface area (Å²) in [7, 11) is 3.28. The van der Waals surface area contributed by atoms with Crippen LogP contribution in [0.2, 0.25) is 0 Å². The highest BCUT2D eigenvalue weighted by Gasteiger charge is 2.42. The number of hydrogen-bond acceptors (Lipinski definition) is 8. The summed E-state index contributed by atoms with van der Waals surface area (Å²) in [6.07, 6.45) is 6.72. The molecule has 2 saturated carbocycles. The van der Waals surface area contributed by atoms with Gasteiger partial charge in [0.05, 0.1) is 36.9 Å². The predicted molar refractivity (Wildman–Crippen MR) is 195 cm³/mol. The fraction of sp³-hybridized carbons (Fsp3) is 0.622. The average molecular weight is 711 g/mol. The zero-order valence-corrected chi connectivity index (χ0v) is 31.2. The molecule has 1 aromatic heterocycles. The number of fused-ring (bicyclic) bond motifs is 1. The van der Waals surface area contributed by atoms with Gasteiger partial charge in [-0.15, -0.1) is 11.3 Å². The summed E-state index contributed by atoms with van der Waals surface area (Å²) in [6, 6.07) is 5.61. The van der Waals surface area contributed by atoms with Crippen LogP contribution in [0.15, 0.2) is 18.2 Å². The lowest BCUT2D eigenvalue weighted by atomic mass is 9.85. The number of carbonyl (C=O) groups is 3. The Morgan fingerprint density at radius 3 is 2.45 bits per heavy atom. The van der Waals surface area contributed by atoms with Crippen LogP contribution in [0.5, 0.6) is 11.5 Å². The van der Waals surface area contributed by atoms with E-state index in [2.05, 4.69) is 22.5 Å². The van der Waals surface area contributed by atoms with E-state index in [1.54, 1.807) is 25.6 Å². The van der Waals surface area contributed by atoms with Crippen molar-refractivity contribution >= 4 is 51.5 Å². The summed E-state index contributed by atoms with van der Waals surface area (Å²) >= 11 is 7.96. The maximum atomic E-state index is 13.8. The van der Waals surface area contributed by atoms with E-state index in [1.165, 1.54) is 0 Å². The first-order valence-electron chi connectivity index (χ1n) is 17.6. The second-order valence-electron chi connectivity index (χ2n) is 15.0. The third-order valence-electron chi connectivity index (χ3n) is 10.1.